The largest absolute Gasteiger partial charge is 0.489 e. The lowest BCUT2D eigenvalue weighted by molar-refractivity contribution is 0.284. The van der Waals surface area contributed by atoms with E-state index in [9.17, 15) is 4.39 Å². The molecule has 0 spiro atoms. The van der Waals surface area contributed by atoms with Crippen LogP contribution in [0, 0.1) is 18.7 Å². The Balaban J connectivity index is 1.61. The first-order chi connectivity index (χ1) is 9.24. The Morgan fingerprint density at radius 1 is 1.21 bits per heavy atom. The summed E-state index contributed by atoms with van der Waals surface area (Å²) in [7, 11) is 0. The molecule has 2 nitrogen and oxygen atoms in total. The zero-order valence-corrected chi connectivity index (χ0v) is 11.2. The van der Waals surface area contributed by atoms with Gasteiger partial charge in [-0.2, -0.15) is 0 Å². The van der Waals surface area contributed by atoms with Crippen LogP contribution in [0.5, 0.6) is 11.5 Å². The minimum Gasteiger partial charge on any atom is -0.489 e. The summed E-state index contributed by atoms with van der Waals surface area (Å²) in [6.45, 7) is 2.23. The first-order valence-corrected chi connectivity index (χ1v) is 6.99. The van der Waals surface area contributed by atoms with Crippen molar-refractivity contribution in [1.29, 1.82) is 0 Å². The average molecular weight is 262 g/mol. The van der Waals surface area contributed by atoms with Gasteiger partial charge in [0.05, 0.1) is 6.10 Å². The van der Waals surface area contributed by atoms with Gasteiger partial charge in [-0.1, -0.05) is 12.2 Å². The Hall–Kier alpha value is -1.51. The van der Waals surface area contributed by atoms with Gasteiger partial charge in [-0.25, -0.2) is 4.39 Å². The Morgan fingerprint density at radius 2 is 1.95 bits per heavy atom. The summed E-state index contributed by atoms with van der Waals surface area (Å²) in [6, 6.07) is 3.46. The molecule has 3 rings (SSSR count). The number of benzene rings is 1. The molecule has 3 heteroatoms. The molecule has 0 amide bonds. The molecule has 0 atom stereocenters. The van der Waals surface area contributed by atoms with Gasteiger partial charge in [0.15, 0.2) is 11.6 Å². The van der Waals surface area contributed by atoms with Gasteiger partial charge in [-0.3, -0.25) is 0 Å². The van der Waals surface area contributed by atoms with E-state index in [0.29, 0.717) is 23.7 Å². The van der Waals surface area contributed by atoms with Crippen molar-refractivity contribution >= 4 is 0 Å². The van der Waals surface area contributed by atoms with Crippen LogP contribution in [-0.2, 0) is 0 Å². The summed E-state index contributed by atoms with van der Waals surface area (Å²) in [5, 5.41) is 0. The van der Waals surface area contributed by atoms with Crippen molar-refractivity contribution in [3.63, 3.8) is 0 Å². The second-order valence-corrected chi connectivity index (χ2v) is 5.39. The molecule has 0 N–H and O–H groups in total. The van der Waals surface area contributed by atoms with Gasteiger partial charge in [0.25, 0.3) is 0 Å². The Bertz CT molecular complexity index is 488. The Labute approximate surface area is 113 Å². The number of hydrogen-bond donors (Lipinski definition) is 0. The van der Waals surface area contributed by atoms with E-state index in [1.807, 2.05) is 6.08 Å². The molecule has 0 bridgehead atoms. The van der Waals surface area contributed by atoms with E-state index in [2.05, 4.69) is 6.08 Å². The van der Waals surface area contributed by atoms with Crippen LogP contribution in [0.25, 0.3) is 0 Å². The van der Waals surface area contributed by atoms with Gasteiger partial charge < -0.3 is 9.47 Å². The highest BCUT2D eigenvalue weighted by molar-refractivity contribution is 5.41. The van der Waals surface area contributed by atoms with Crippen molar-refractivity contribution in [2.24, 2.45) is 5.92 Å². The average Bonchev–Trinajstić information content (AvgIpc) is 3.27. The summed E-state index contributed by atoms with van der Waals surface area (Å²) in [5.74, 6) is 1.40. The highest BCUT2D eigenvalue weighted by atomic mass is 19.1. The molecular weight excluding hydrogens is 243 g/mol. The third-order valence-electron chi connectivity index (χ3n) is 3.48. The van der Waals surface area contributed by atoms with E-state index < -0.39 is 0 Å². The van der Waals surface area contributed by atoms with E-state index >= 15 is 0 Å². The predicted octanol–water partition coefficient (Wildman–Crippen LogP) is 4.02. The standard InChI is InChI=1S/C16H19FO2/c1-11-14(18-10-2-3-12-4-5-12)8-9-15(16(11)17)19-13-6-7-13/h2-3,8-9,12-13H,4-7,10H2,1H3/b3-2+. The molecule has 2 aliphatic carbocycles. The summed E-state index contributed by atoms with van der Waals surface area (Å²) in [6.07, 6.45) is 9.04. The van der Waals surface area contributed by atoms with Crippen molar-refractivity contribution in [1.82, 2.24) is 0 Å². The third-order valence-corrected chi connectivity index (χ3v) is 3.48. The SMILES string of the molecule is Cc1c(OC/C=C/C2CC2)ccc(OC2CC2)c1F. The number of rotatable bonds is 6. The summed E-state index contributed by atoms with van der Waals surface area (Å²) in [5.41, 5.74) is 0.526. The topological polar surface area (TPSA) is 18.5 Å². The monoisotopic (exact) mass is 262 g/mol. The summed E-state index contributed by atoms with van der Waals surface area (Å²) < 4.78 is 25.2. The minimum absolute atomic E-state index is 0.210. The first-order valence-electron chi connectivity index (χ1n) is 6.99. The Morgan fingerprint density at radius 3 is 2.63 bits per heavy atom. The molecular formula is C16H19FO2. The normalized spacial score (nSPS) is 18.8. The van der Waals surface area contributed by atoms with Crippen LogP contribution >= 0.6 is 0 Å². The third kappa shape index (κ3) is 3.28. The van der Waals surface area contributed by atoms with E-state index in [0.717, 1.165) is 18.8 Å². The molecule has 2 saturated carbocycles. The van der Waals surface area contributed by atoms with Crippen LogP contribution in [0.15, 0.2) is 24.3 Å². The van der Waals surface area contributed by atoms with Crippen molar-refractivity contribution in [3.05, 3.63) is 35.7 Å². The molecule has 0 aromatic heterocycles. The van der Waals surface area contributed by atoms with Crippen molar-refractivity contribution < 1.29 is 13.9 Å². The lowest BCUT2D eigenvalue weighted by Gasteiger charge is -2.12. The van der Waals surface area contributed by atoms with Crippen LogP contribution in [0.3, 0.4) is 0 Å². The van der Waals surface area contributed by atoms with Gasteiger partial charge in [0.2, 0.25) is 0 Å². The lowest BCUT2D eigenvalue weighted by Crippen LogP contribution is -2.02. The fraction of sp³-hybridized carbons (Fsp3) is 0.500. The molecule has 0 aliphatic heterocycles. The van der Waals surface area contributed by atoms with Gasteiger partial charge >= 0.3 is 0 Å². The first kappa shape index (κ1) is 12.5. The van der Waals surface area contributed by atoms with Gasteiger partial charge in [0, 0.05) is 5.56 Å². The maximum atomic E-state index is 14.1. The van der Waals surface area contributed by atoms with Gasteiger partial charge in [0.1, 0.15) is 12.4 Å². The molecule has 0 saturated heterocycles. The molecule has 19 heavy (non-hydrogen) atoms. The fourth-order valence-corrected chi connectivity index (χ4v) is 1.93. The van der Waals surface area contributed by atoms with Crippen LogP contribution in [-0.4, -0.2) is 12.7 Å². The Kier molecular flexibility index (Phi) is 3.45. The smallest absolute Gasteiger partial charge is 0.171 e. The second kappa shape index (κ2) is 5.24. The molecule has 1 aromatic carbocycles. The lowest BCUT2D eigenvalue weighted by atomic mass is 10.2. The second-order valence-electron chi connectivity index (χ2n) is 5.39. The van der Waals surface area contributed by atoms with E-state index in [4.69, 9.17) is 9.47 Å². The molecule has 2 aliphatic rings. The molecule has 0 radical (unpaired) electrons. The quantitative estimate of drug-likeness (QED) is 0.721. The van der Waals surface area contributed by atoms with Crippen LogP contribution in [0.4, 0.5) is 4.39 Å². The van der Waals surface area contributed by atoms with Crippen LogP contribution in [0.2, 0.25) is 0 Å². The van der Waals surface area contributed by atoms with Crippen molar-refractivity contribution in [3.8, 4) is 11.5 Å². The van der Waals surface area contributed by atoms with Crippen molar-refractivity contribution in [2.75, 3.05) is 6.61 Å². The number of hydrogen-bond acceptors (Lipinski definition) is 2. The van der Waals surface area contributed by atoms with Crippen molar-refractivity contribution in [2.45, 2.75) is 38.7 Å². The summed E-state index contributed by atoms with van der Waals surface area (Å²) in [4.78, 5) is 0. The molecule has 102 valence electrons. The predicted molar refractivity (Wildman–Crippen MR) is 72.1 cm³/mol. The van der Waals surface area contributed by atoms with E-state index in [1.54, 1.807) is 19.1 Å². The van der Waals surface area contributed by atoms with E-state index in [1.165, 1.54) is 12.8 Å². The van der Waals surface area contributed by atoms with Crippen LogP contribution in [0.1, 0.15) is 31.2 Å². The number of ether oxygens (including phenoxy) is 2. The zero-order valence-electron chi connectivity index (χ0n) is 11.2. The van der Waals surface area contributed by atoms with Gasteiger partial charge in [-0.15, -0.1) is 0 Å². The highest BCUT2D eigenvalue weighted by Crippen LogP contribution is 2.33. The van der Waals surface area contributed by atoms with E-state index in [-0.39, 0.29) is 11.9 Å². The zero-order chi connectivity index (χ0) is 13.2. The molecule has 1 aromatic rings. The number of halogens is 1. The summed E-state index contributed by atoms with van der Waals surface area (Å²) >= 11 is 0. The maximum absolute atomic E-state index is 14.1. The maximum Gasteiger partial charge on any atom is 0.171 e. The van der Waals surface area contributed by atoms with Gasteiger partial charge in [-0.05, 0) is 50.7 Å². The number of allylic oxidation sites excluding steroid dienone is 1. The molecule has 0 unspecified atom stereocenters. The highest BCUT2D eigenvalue weighted by Gasteiger charge is 2.25. The fourth-order valence-electron chi connectivity index (χ4n) is 1.93. The molecule has 2 fully saturated rings. The minimum atomic E-state index is -0.296. The van der Waals surface area contributed by atoms with Crippen LogP contribution < -0.4 is 9.47 Å². The molecule has 0 heterocycles.